The lowest BCUT2D eigenvalue weighted by molar-refractivity contribution is 0.417. The highest BCUT2D eigenvalue weighted by Crippen LogP contribution is 2.22. The van der Waals surface area contributed by atoms with E-state index in [4.69, 9.17) is 10.5 Å². The van der Waals surface area contributed by atoms with E-state index >= 15 is 0 Å². The molecular weight excluding hydrogens is 270 g/mol. The van der Waals surface area contributed by atoms with E-state index in [0.29, 0.717) is 18.0 Å². The van der Waals surface area contributed by atoms with Crippen molar-refractivity contribution in [3.05, 3.63) is 40.6 Å². The van der Waals surface area contributed by atoms with Crippen LogP contribution < -0.4 is 10.5 Å². The predicted octanol–water partition coefficient (Wildman–Crippen LogP) is 2.28. The molecule has 84 valence electrons. The molecule has 0 fully saturated rings. The van der Waals surface area contributed by atoms with Gasteiger partial charge in [0.2, 0.25) is 0 Å². The first-order chi connectivity index (χ1) is 7.69. The van der Waals surface area contributed by atoms with Gasteiger partial charge >= 0.3 is 0 Å². The molecule has 1 aromatic carbocycles. The largest absolute Gasteiger partial charge is 0.495 e. The minimum absolute atomic E-state index is 0.645. The number of anilines is 1. The zero-order chi connectivity index (χ0) is 11.5. The Morgan fingerprint density at radius 3 is 2.88 bits per heavy atom. The van der Waals surface area contributed by atoms with Gasteiger partial charge in [0.1, 0.15) is 5.75 Å². The van der Waals surface area contributed by atoms with E-state index in [0.717, 1.165) is 10.0 Å². The number of nitrogens with two attached hydrogens (primary N) is 1. The van der Waals surface area contributed by atoms with Crippen molar-refractivity contribution in [2.75, 3.05) is 12.8 Å². The Kier molecular flexibility index (Phi) is 3.14. The molecule has 0 spiro atoms. The van der Waals surface area contributed by atoms with Crippen LogP contribution in [0.15, 0.2) is 35.1 Å². The van der Waals surface area contributed by atoms with Crippen LogP contribution >= 0.6 is 15.9 Å². The van der Waals surface area contributed by atoms with Crippen LogP contribution in [-0.2, 0) is 6.54 Å². The summed E-state index contributed by atoms with van der Waals surface area (Å²) in [7, 11) is 1.61. The maximum atomic E-state index is 5.83. The average molecular weight is 282 g/mol. The van der Waals surface area contributed by atoms with Crippen LogP contribution in [0.25, 0.3) is 0 Å². The van der Waals surface area contributed by atoms with Gasteiger partial charge in [0.15, 0.2) is 0 Å². The predicted molar refractivity (Wildman–Crippen MR) is 66.4 cm³/mol. The number of ether oxygens (including phenoxy) is 1. The van der Waals surface area contributed by atoms with Gasteiger partial charge in [-0.3, -0.25) is 4.68 Å². The van der Waals surface area contributed by atoms with Crippen molar-refractivity contribution >= 4 is 21.6 Å². The lowest BCUT2D eigenvalue weighted by atomic mass is 10.2. The van der Waals surface area contributed by atoms with Gasteiger partial charge in [-0.05, 0) is 33.6 Å². The van der Waals surface area contributed by atoms with E-state index in [2.05, 4.69) is 21.0 Å². The van der Waals surface area contributed by atoms with Crippen LogP contribution in [0.1, 0.15) is 5.56 Å². The normalized spacial score (nSPS) is 10.4. The number of nitrogen functional groups attached to an aromatic ring is 1. The van der Waals surface area contributed by atoms with Crippen LogP contribution in [0.4, 0.5) is 5.69 Å². The number of rotatable bonds is 3. The first-order valence-corrected chi connectivity index (χ1v) is 5.58. The standard InChI is InChI=1S/C11H12BrN3O/c1-16-11-3-2-8(4-10(11)13)6-15-7-9(12)5-14-15/h2-5,7H,6,13H2,1H3. The molecule has 0 saturated heterocycles. The Balaban J connectivity index is 2.19. The van der Waals surface area contributed by atoms with Crippen LogP contribution in [0.2, 0.25) is 0 Å². The maximum Gasteiger partial charge on any atom is 0.141 e. The summed E-state index contributed by atoms with van der Waals surface area (Å²) in [6.45, 7) is 0.694. The molecular formula is C11H12BrN3O. The molecule has 0 amide bonds. The molecule has 5 heteroatoms. The second kappa shape index (κ2) is 4.57. The summed E-state index contributed by atoms with van der Waals surface area (Å²) in [5.41, 5.74) is 7.56. The number of benzene rings is 1. The van der Waals surface area contributed by atoms with Crippen molar-refractivity contribution in [1.82, 2.24) is 9.78 Å². The topological polar surface area (TPSA) is 53.1 Å². The highest BCUT2D eigenvalue weighted by molar-refractivity contribution is 9.10. The van der Waals surface area contributed by atoms with Crippen LogP contribution in [0.3, 0.4) is 0 Å². The van der Waals surface area contributed by atoms with Crippen molar-refractivity contribution in [1.29, 1.82) is 0 Å². The third kappa shape index (κ3) is 2.36. The van der Waals surface area contributed by atoms with Crippen molar-refractivity contribution in [3.63, 3.8) is 0 Å². The van der Waals surface area contributed by atoms with Crippen LogP contribution in [0, 0.1) is 0 Å². The molecule has 0 radical (unpaired) electrons. The highest BCUT2D eigenvalue weighted by atomic mass is 79.9. The Morgan fingerprint density at radius 1 is 1.50 bits per heavy atom. The fraction of sp³-hybridized carbons (Fsp3) is 0.182. The molecule has 16 heavy (non-hydrogen) atoms. The molecule has 0 bridgehead atoms. The minimum atomic E-state index is 0.645. The average Bonchev–Trinajstić information content (AvgIpc) is 2.64. The molecule has 2 N–H and O–H groups in total. The lowest BCUT2D eigenvalue weighted by Crippen LogP contribution is -2.01. The van der Waals surface area contributed by atoms with Gasteiger partial charge in [-0.2, -0.15) is 5.10 Å². The summed E-state index contributed by atoms with van der Waals surface area (Å²) < 4.78 is 7.90. The van der Waals surface area contributed by atoms with Gasteiger partial charge in [-0.25, -0.2) is 0 Å². The highest BCUT2D eigenvalue weighted by Gasteiger charge is 2.02. The molecule has 0 saturated carbocycles. The molecule has 0 aliphatic heterocycles. The van der Waals surface area contributed by atoms with E-state index in [9.17, 15) is 0 Å². The Morgan fingerprint density at radius 2 is 2.31 bits per heavy atom. The van der Waals surface area contributed by atoms with Gasteiger partial charge in [-0.15, -0.1) is 0 Å². The molecule has 1 heterocycles. The second-order valence-electron chi connectivity index (χ2n) is 3.43. The number of nitrogens with zero attached hydrogens (tertiary/aromatic N) is 2. The summed E-state index contributed by atoms with van der Waals surface area (Å²) >= 11 is 3.35. The summed E-state index contributed by atoms with van der Waals surface area (Å²) in [6.07, 6.45) is 3.67. The van der Waals surface area contributed by atoms with E-state index in [1.807, 2.05) is 29.1 Å². The summed E-state index contributed by atoms with van der Waals surface area (Å²) in [4.78, 5) is 0. The van der Waals surface area contributed by atoms with Crippen LogP contribution in [-0.4, -0.2) is 16.9 Å². The van der Waals surface area contributed by atoms with E-state index in [1.165, 1.54) is 0 Å². The van der Waals surface area contributed by atoms with E-state index in [1.54, 1.807) is 13.3 Å². The van der Waals surface area contributed by atoms with E-state index < -0.39 is 0 Å². The molecule has 0 atom stereocenters. The zero-order valence-corrected chi connectivity index (χ0v) is 10.4. The van der Waals surface area contributed by atoms with Crippen molar-refractivity contribution < 1.29 is 4.74 Å². The van der Waals surface area contributed by atoms with Gasteiger partial charge in [-0.1, -0.05) is 6.07 Å². The monoisotopic (exact) mass is 281 g/mol. The molecule has 0 aliphatic carbocycles. The number of methoxy groups -OCH3 is 1. The summed E-state index contributed by atoms with van der Waals surface area (Å²) in [6, 6.07) is 5.74. The smallest absolute Gasteiger partial charge is 0.141 e. The fourth-order valence-corrected chi connectivity index (χ4v) is 1.82. The Bertz CT molecular complexity index is 496. The third-order valence-electron chi connectivity index (χ3n) is 2.24. The Labute approximate surface area is 102 Å². The molecule has 4 nitrogen and oxygen atoms in total. The maximum absolute atomic E-state index is 5.83. The minimum Gasteiger partial charge on any atom is -0.495 e. The molecule has 0 aliphatic rings. The van der Waals surface area contributed by atoms with Gasteiger partial charge in [0.05, 0.1) is 30.0 Å². The number of halogens is 1. The molecule has 2 aromatic rings. The molecule has 0 unspecified atom stereocenters. The summed E-state index contributed by atoms with van der Waals surface area (Å²) in [5, 5.41) is 4.18. The number of hydrogen-bond donors (Lipinski definition) is 1. The number of aromatic nitrogens is 2. The van der Waals surface area contributed by atoms with Crippen molar-refractivity contribution in [2.24, 2.45) is 0 Å². The zero-order valence-electron chi connectivity index (χ0n) is 8.85. The van der Waals surface area contributed by atoms with Crippen molar-refractivity contribution in [3.8, 4) is 5.75 Å². The van der Waals surface area contributed by atoms with Gasteiger partial charge in [0.25, 0.3) is 0 Å². The first kappa shape index (κ1) is 11.0. The first-order valence-electron chi connectivity index (χ1n) is 4.79. The second-order valence-corrected chi connectivity index (χ2v) is 4.35. The van der Waals surface area contributed by atoms with Crippen LogP contribution in [0.5, 0.6) is 5.75 Å². The van der Waals surface area contributed by atoms with Gasteiger partial charge < -0.3 is 10.5 Å². The SMILES string of the molecule is COc1ccc(Cn2cc(Br)cn2)cc1N. The molecule has 2 rings (SSSR count). The Hall–Kier alpha value is -1.49. The van der Waals surface area contributed by atoms with Crippen molar-refractivity contribution in [2.45, 2.75) is 6.54 Å². The molecule has 1 aromatic heterocycles. The number of hydrogen-bond acceptors (Lipinski definition) is 3. The fourth-order valence-electron chi connectivity index (χ4n) is 1.49. The van der Waals surface area contributed by atoms with E-state index in [-0.39, 0.29) is 0 Å². The summed E-state index contributed by atoms with van der Waals surface area (Å²) in [5.74, 6) is 0.699. The van der Waals surface area contributed by atoms with Gasteiger partial charge in [0, 0.05) is 6.20 Å². The third-order valence-corrected chi connectivity index (χ3v) is 2.65. The lowest BCUT2D eigenvalue weighted by Gasteiger charge is -2.07. The quantitative estimate of drug-likeness (QED) is 0.879.